The molecule has 0 bridgehead atoms. The van der Waals surface area contributed by atoms with Gasteiger partial charge >= 0.3 is 0 Å². The minimum Gasteiger partial charge on any atom is -0.310 e. The molecular weight excluding hydrogens is 377 g/mol. The summed E-state index contributed by atoms with van der Waals surface area (Å²) in [6.07, 6.45) is 0.992. The molecule has 1 aromatic heterocycles. The Kier molecular flexibility index (Phi) is 5.48. The normalized spacial score (nSPS) is 12.6. The molecule has 0 radical (unpaired) electrons. The van der Waals surface area contributed by atoms with Crippen molar-refractivity contribution in [1.29, 1.82) is 0 Å². The minimum absolute atomic E-state index is 0.363. The van der Waals surface area contributed by atoms with Crippen molar-refractivity contribution in [2.24, 2.45) is 0 Å². The van der Waals surface area contributed by atoms with E-state index in [9.17, 15) is 0 Å². The van der Waals surface area contributed by atoms with Gasteiger partial charge in [0.05, 0.1) is 4.34 Å². The minimum atomic E-state index is 0.363. The van der Waals surface area contributed by atoms with Gasteiger partial charge in [0.15, 0.2) is 0 Å². The number of halogens is 2. The second-order valence-corrected chi connectivity index (χ2v) is 7.12. The molecule has 0 saturated heterocycles. The van der Waals surface area contributed by atoms with Crippen molar-refractivity contribution in [3.05, 3.63) is 54.7 Å². The number of hydrogen-bond acceptors (Lipinski definition) is 2. The second-order valence-electron chi connectivity index (χ2n) is 4.07. The SMILES string of the molecule is CCNC(Cc1ccc(Cl)s1)c1ccc(I)cc1. The van der Waals surface area contributed by atoms with Crippen molar-refractivity contribution < 1.29 is 0 Å². The van der Waals surface area contributed by atoms with Crippen LogP contribution in [0, 0.1) is 3.57 Å². The van der Waals surface area contributed by atoms with E-state index < -0.39 is 0 Å². The molecule has 2 aromatic rings. The van der Waals surface area contributed by atoms with Gasteiger partial charge in [-0.1, -0.05) is 30.7 Å². The Morgan fingerprint density at radius 2 is 1.94 bits per heavy atom. The molecular formula is C14H15ClINS. The van der Waals surface area contributed by atoms with Gasteiger partial charge < -0.3 is 5.32 Å². The van der Waals surface area contributed by atoms with E-state index in [-0.39, 0.29) is 0 Å². The van der Waals surface area contributed by atoms with Gasteiger partial charge in [0.2, 0.25) is 0 Å². The highest BCUT2D eigenvalue weighted by atomic mass is 127. The van der Waals surface area contributed by atoms with Gasteiger partial charge in [-0.25, -0.2) is 0 Å². The molecule has 0 aliphatic heterocycles. The monoisotopic (exact) mass is 391 g/mol. The van der Waals surface area contributed by atoms with Crippen LogP contribution in [0.25, 0.3) is 0 Å². The lowest BCUT2D eigenvalue weighted by Crippen LogP contribution is -2.22. The summed E-state index contributed by atoms with van der Waals surface area (Å²) in [6, 6.07) is 13.2. The fourth-order valence-electron chi connectivity index (χ4n) is 1.91. The van der Waals surface area contributed by atoms with Gasteiger partial charge in [0.25, 0.3) is 0 Å². The van der Waals surface area contributed by atoms with Gasteiger partial charge in [-0.3, -0.25) is 0 Å². The molecule has 0 aliphatic carbocycles. The lowest BCUT2D eigenvalue weighted by atomic mass is 10.0. The smallest absolute Gasteiger partial charge is 0.0931 e. The van der Waals surface area contributed by atoms with Crippen molar-refractivity contribution in [3.63, 3.8) is 0 Å². The third-order valence-corrected chi connectivity index (χ3v) is 4.73. The first-order valence-corrected chi connectivity index (χ1v) is 8.19. The molecule has 1 unspecified atom stereocenters. The molecule has 1 atom stereocenters. The summed E-state index contributed by atoms with van der Waals surface area (Å²) in [5, 5.41) is 3.54. The molecule has 1 heterocycles. The van der Waals surface area contributed by atoms with E-state index in [0.717, 1.165) is 17.3 Å². The van der Waals surface area contributed by atoms with Crippen LogP contribution in [0.2, 0.25) is 4.34 Å². The summed E-state index contributed by atoms with van der Waals surface area (Å²) in [7, 11) is 0. The Bertz CT molecular complexity index is 495. The predicted octanol–water partition coefficient (Wildman–Crippen LogP) is 4.90. The maximum absolute atomic E-state index is 5.98. The molecule has 18 heavy (non-hydrogen) atoms. The summed E-state index contributed by atoms with van der Waals surface area (Å²) in [4.78, 5) is 1.32. The van der Waals surface area contributed by atoms with Crippen LogP contribution in [0.15, 0.2) is 36.4 Å². The number of likely N-dealkylation sites (N-methyl/N-ethyl adjacent to an activating group) is 1. The maximum atomic E-state index is 5.98. The van der Waals surface area contributed by atoms with Crippen LogP contribution >= 0.6 is 45.5 Å². The average Bonchev–Trinajstić information content (AvgIpc) is 2.75. The standard InChI is InChI=1S/C14H15ClINS/c1-2-17-13(9-12-7-8-14(15)18-12)10-3-5-11(16)6-4-10/h3-8,13,17H,2,9H2,1H3. The second kappa shape index (κ2) is 6.89. The lowest BCUT2D eigenvalue weighted by molar-refractivity contribution is 0.553. The van der Waals surface area contributed by atoms with Crippen molar-refractivity contribution in [2.45, 2.75) is 19.4 Å². The van der Waals surface area contributed by atoms with E-state index in [1.54, 1.807) is 11.3 Å². The predicted molar refractivity (Wildman–Crippen MR) is 88.6 cm³/mol. The van der Waals surface area contributed by atoms with Crippen molar-refractivity contribution in [1.82, 2.24) is 5.32 Å². The Labute approximate surface area is 131 Å². The molecule has 2 rings (SSSR count). The summed E-state index contributed by atoms with van der Waals surface area (Å²) in [5.74, 6) is 0. The first kappa shape index (κ1) is 14.3. The van der Waals surface area contributed by atoms with E-state index in [4.69, 9.17) is 11.6 Å². The van der Waals surface area contributed by atoms with E-state index >= 15 is 0 Å². The highest BCUT2D eigenvalue weighted by Crippen LogP contribution is 2.26. The fraction of sp³-hybridized carbons (Fsp3) is 0.286. The van der Waals surface area contributed by atoms with Gasteiger partial charge in [-0.05, 0) is 59.0 Å². The Balaban J connectivity index is 2.14. The van der Waals surface area contributed by atoms with Crippen LogP contribution in [-0.2, 0) is 6.42 Å². The molecule has 1 nitrogen and oxygen atoms in total. The quantitative estimate of drug-likeness (QED) is 0.715. The molecule has 0 aliphatic rings. The zero-order valence-corrected chi connectivity index (χ0v) is 13.8. The van der Waals surface area contributed by atoms with Crippen LogP contribution in [0.5, 0.6) is 0 Å². The van der Waals surface area contributed by atoms with Gasteiger partial charge in [0, 0.05) is 20.9 Å². The molecule has 1 N–H and O–H groups in total. The van der Waals surface area contributed by atoms with E-state index in [1.807, 2.05) is 6.07 Å². The number of hydrogen-bond donors (Lipinski definition) is 1. The van der Waals surface area contributed by atoms with Crippen molar-refractivity contribution in [3.8, 4) is 0 Å². The Morgan fingerprint density at radius 3 is 2.50 bits per heavy atom. The van der Waals surface area contributed by atoms with E-state index in [1.165, 1.54) is 14.0 Å². The number of thiophene rings is 1. The third kappa shape index (κ3) is 3.95. The largest absolute Gasteiger partial charge is 0.310 e. The Morgan fingerprint density at radius 1 is 1.22 bits per heavy atom. The first-order valence-electron chi connectivity index (χ1n) is 5.92. The summed E-state index contributed by atoms with van der Waals surface area (Å²) in [6.45, 7) is 3.11. The fourth-order valence-corrected chi connectivity index (χ4v) is 3.40. The van der Waals surface area contributed by atoms with Gasteiger partial charge in [0.1, 0.15) is 0 Å². The van der Waals surface area contributed by atoms with Crippen LogP contribution in [0.1, 0.15) is 23.4 Å². The lowest BCUT2D eigenvalue weighted by Gasteiger charge is -2.17. The number of nitrogens with one attached hydrogen (secondary N) is 1. The molecule has 1 aromatic carbocycles. The molecule has 4 heteroatoms. The summed E-state index contributed by atoms with van der Waals surface area (Å²) in [5.41, 5.74) is 1.33. The van der Waals surface area contributed by atoms with Crippen LogP contribution in [0.4, 0.5) is 0 Å². The number of benzene rings is 1. The maximum Gasteiger partial charge on any atom is 0.0931 e. The zero-order chi connectivity index (χ0) is 13.0. The van der Waals surface area contributed by atoms with E-state index in [0.29, 0.717) is 6.04 Å². The molecule has 96 valence electrons. The highest BCUT2D eigenvalue weighted by Gasteiger charge is 2.12. The average molecular weight is 392 g/mol. The van der Waals surface area contributed by atoms with Crippen molar-refractivity contribution in [2.75, 3.05) is 6.54 Å². The zero-order valence-electron chi connectivity index (χ0n) is 10.1. The summed E-state index contributed by atoms with van der Waals surface area (Å²) < 4.78 is 2.13. The molecule has 0 amide bonds. The van der Waals surface area contributed by atoms with E-state index in [2.05, 4.69) is 65.2 Å². The third-order valence-electron chi connectivity index (χ3n) is 2.76. The topological polar surface area (TPSA) is 12.0 Å². The number of rotatable bonds is 5. The summed E-state index contributed by atoms with van der Waals surface area (Å²) >= 11 is 9.98. The van der Waals surface area contributed by atoms with Gasteiger partial charge in [-0.15, -0.1) is 11.3 Å². The highest BCUT2D eigenvalue weighted by molar-refractivity contribution is 14.1. The molecule has 0 spiro atoms. The molecule has 0 saturated carbocycles. The van der Waals surface area contributed by atoms with Gasteiger partial charge in [-0.2, -0.15) is 0 Å². The first-order chi connectivity index (χ1) is 8.69. The molecule has 0 fully saturated rings. The van der Waals surface area contributed by atoms with Crippen LogP contribution in [-0.4, -0.2) is 6.54 Å². The van der Waals surface area contributed by atoms with Crippen LogP contribution in [0.3, 0.4) is 0 Å². The van der Waals surface area contributed by atoms with Crippen LogP contribution < -0.4 is 5.32 Å². The Hall–Kier alpha value is -0.100. The van der Waals surface area contributed by atoms with Crippen molar-refractivity contribution >= 4 is 45.5 Å².